The van der Waals surface area contributed by atoms with Crippen LogP contribution in [-0.4, -0.2) is 6.54 Å². The molecule has 2 aromatic carbocycles. The van der Waals surface area contributed by atoms with Gasteiger partial charge >= 0.3 is 0 Å². The molecule has 3 N–H and O–H groups in total. The number of nitrogens with one attached hydrogen (secondary N) is 1. The number of benzene rings is 2. The van der Waals surface area contributed by atoms with Crippen molar-refractivity contribution in [1.82, 2.24) is 0 Å². The first-order valence-corrected chi connectivity index (χ1v) is 6.95. The fraction of sp³-hybridized carbons (Fsp3) is 0.143. The van der Waals surface area contributed by atoms with Crippen LogP contribution >= 0.6 is 27.5 Å². The van der Waals surface area contributed by atoms with Crippen molar-refractivity contribution in [2.75, 3.05) is 11.9 Å². The summed E-state index contributed by atoms with van der Waals surface area (Å²) in [6, 6.07) is 12.1. The van der Waals surface area contributed by atoms with Crippen LogP contribution in [0, 0.1) is 5.82 Å². The maximum Gasteiger partial charge on any atom is 0.137 e. The van der Waals surface area contributed by atoms with Gasteiger partial charge in [-0.2, -0.15) is 0 Å². The quantitative estimate of drug-likeness (QED) is 0.866. The highest BCUT2D eigenvalue weighted by molar-refractivity contribution is 9.10. The van der Waals surface area contributed by atoms with Crippen LogP contribution in [0.2, 0.25) is 5.02 Å². The fourth-order valence-electron chi connectivity index (χ4n) is 1.77. The van der Waals surface area contributed by atoms with Crippen molar-refractivity contribution in [2.45, 2.75) is 6.04 Å². The van der Waals surface area contributed by atoms with Gasteiger partial charge < -0.3 is 11.1 Å². The van der Waals surface area contributed by atoms with E-state index >= 15 is 0 Å². The van der Waals surface area contributed by atoms with Crippen LogP contribution < -0.4 is 11.1 Å². The zero-order valence-corrected chi connectivity index (χ0v) is 12.4. The number of para-hydroxylation sites is 1. The molecule has 0 aromatic heterocycles. The third-order valence-corrected chi connectivity index (χ3v) is 3.72. The molecule has 1 unspecified atom stereocenters. The molecule has 0 amide bonds. The molecule has 0 fully saturated rings. The third kappa shape index (κ3) is 3.47. The Kier molecular flexibility index (Phi) is 4.80. The van der Waals surface area contributed by atoms with Crippen LogP contribution in [0.15, 0.2) is 46.9 Å². The molecule has 0 aliphatic heterocycles. The smallest absolute Gasteiger partial charge is 0.137 e. The molecule has 0 bridgehead atoms. The SMILES string of the molecule is NCC(Nc1ccccc1Cl)c1ccc(F)c(Br)c1. The molecule has 5 heteroatoms. The normalized spacial score (nSPS) is 12.2. The summed E-state index contributed by atoms with van der Waals surface area (Å²) in [6.07, 6.45) is 0. The Balaban J connectivity index is 2.25. The largest absolute Gasteiger partial charge is 0.376 e. The van der Waals surface area contributed by atoms with E-state index in [0.29, 0.717) is 16.0 Å². The molecule has 0 saturated carbocycles. The summed E-state index contributed by atoms with van der Waals surface area (Å²) in [6.45, 7) is 0.378. The van der Waals surface area contributed by atoms with Crippen molar-refractivity contribution >= 4 is 33.2 Å². The lowest BCUT2D eigenvalue weighted by molar-refractivity contribution is 0.619. The summed E-state index contributed by atoms with van der Waals surface area (Å²) in [7, 11) is 0. The van der Waals surface area contributed by atoms with E-state index in [1.54, 1.807) is 18.2 Å². The van der Waals surface area contributed by atoms with Crippen molar-refractivity contribution < 1.29 is 4.39 Å². The van der Waals surface area contributed by atoms with E-state index in [1.807, 2.05) is 18.2 Å². The first-order chi connectivity index (χ1) is 9.11. The number of nitrogens with two attached hydrogens (primary N) is 1. The number of hydrogen-bond acceptors (Lipinski definition) is 2. The van der Waals surface area contributed by atoms with E-state index in [0.717, 1.165) is 11.3 Å². The predicted octanol–water partition coefficient (Wildman–Crippen LogP) is 4.35. The highest BCUT2D eigenvalue weighted by atomic mass is 79.9. The van der Waals surface area contributed by atoms with Gasteiger partial charge in [-0.15, -0.1) is 0 Å². The van der Waals surface area contributed by atoms with Crippen molar-refractivity contribution in [3.63, 3.8) is 0 Å². The molecule has 100 valence electrons. The maximum absolute atomic E-state index is 13.2. The van der Waals surface area contributed by atoms with Gasteiger partial charge in [0.15, 0.2) is 0 Å². The second kappa shape index (κ2) is 6.37. The molecule has 0 aliphatic carbocycles. The molecule has 2 nitrogen and oxygen atoms in total. The van der Waals surface area contributed by atoms with Gasteiger partial charge in [0, 0.05) is 6.54 Å². The molecule has 0 heterocycles. The summed E-state index contributed by atoms with van der Waals surface area (Å²) < 4.78 is 13.7. The second-order valence-electron chi connectivity index (χ2n) is 4.09. The molecule has 0 saturated heterocycles. The third-order valence-electron chi connectivity index (χ3n) is 2.79. The minimum Gasteiger partial charge on any atom is -0.376 e. The summed E-state index contributed by atoms with van der Waals surface area (Å²) >= 11 is 9.27. The number of rotatable bonds is 4. The van der Waals surface area contributed by atoms with Crippen LogP contribution in [0.5, 0.6) is 0 Å². The molecular formula is C14H13BrClFN2. The topological polar surface area (TPSA) is 38.0 Å². The van der Waals surface area contributed by atoms with Gasteiger partial charge in [-0.25, -0.2) is 4.39 Å². The van der Waals surface area contributed by atoms with E-state index in [1.165, 1.54) is 6.07 Å². The van der Waals surface area contributed by atoms with E-state index < -0.39 is 0 Å². The first kappa shape index (κ1) is 14.3. The Morgan fingerprint density at radius 2 is 2.00 bits per heavy atom. The van der Waals surface area contributed by atoms with Gasteiger partial charge in [-0.3, -0.25) is 0 Å². The van der Waals surface area contributed by atoms with Crippen LogP contribution in [-0.2, 0) is 0 Å². The number of anilines is 1. The van der Waals surface area contributed by atoms with Gasteiger partial charge in [0.05, 0.1) is 21.2 Å². The molecule has 19 heavy (non-hydrogen) atoms. The minimum absolute atomic E-state index is 0.128. The zero-order chi connectivity index (χ0) is 13.8. The Bertz CT molecular complexity index is 577. The Morgan fingerprint density at radius 1 is 1.26 bits per heavy atom. The van der Waals surface area contributed by atoms with Gasteiger partial charge in [0.2, 0.25) is 0 Å². The van der Waals surface area contributed by atoms with Gasteiger partial charge in [-0.1, -0.05) is 29.8 Å². The van der Waals surface area contributed by atoms with E-state index in [4.69, 9.17) is 17.3 Å². The molecular weight excluding hydrogens is 331 g/mol. The summed E-state index contributed by atoms with van der Waals surface area (Å²) in [5, 5.41) is 3.89. The zero-order valence-electron chi connectivity index (χ0n) is 10.0. The monoisotopic (exact) mass is 342 g/mol. The van der Waals surface area contributed by atoms with Crippen LogP contribution in [0.4, 0.5) is 10.1 Å². The lowest BCUT2D eigenvalue weighted by Crippen LogP contribution is -2.20. The van der Waals surface area contributed by atoms with E-state index in [2.05, 4.69) is 21.2 Å². The van der Waals surface area contributed by atoms with Crippen LogP contribution in [0.1, 0.15) is 11.6 Å². The second-order valence-corrected chi connectivity index (χ2v) is 5.35. The van der Waals surface area contributed by atoms with Crippen molar-refractivity contribution in [2.24, 2.45) is 5.73 Å². The average molecular weight is 344 g/mol. The maximum atomic E-state index is 13.2. The lowest BCUT2D eigenvalue weighted by Gasteiger charge is -2.19. The predicted molar refractivity (Wildman–Crippen MR) is 81.0 cm³/mol. The van der Waals surface area contributed by atoms with Crippen molar-refractivity contribution in [1.29, 1.82) is 0 Å². The van der Waals surface area contributed by atoms with Gasteiger partial charge in [0.1, 0.15) is 5.82 Å². The number of hydrogen-bond donors (Lipinski definition) is 2. The standard InChI is InChI=1S/C14H13BrClFN2/c15-10-7-9(5-6-12(10)17)14(8-18)19-13-4-2-1-3-11(13)16/h1-7,14,19H,8,18H2. The highest BCUT2D eigenvalue weighted by Gasteiger charge is 2.12. The summed E-state index contributed by atoms with van der Waals surface area (Å²) in [5.41, 5.74) is 7.48. The van der Waals surface area contributed by atoms with Gasteiger partial charge in [-0.05, 0) is 45.8 Å². The fourth-order valence-corrected chi connectivity index (χ4v) is 2.36. The lowest BCUT2D eigenvalue weighted by atomic mass is 10.1. The van der Waals surface area contributed by atoms with Crippen LogP contribution in [0.3, 0.4) is 0 Å². The first-order valence-electron chi connectivity index (χ1n) is 5.78. The van der Waals surface area contributed by atoms with Crippen molar-refractivity contribution in [3.05, 3.63) is 63.3 Å². The van der Waals surface area contributed by atoms with Crippen molar-refractivity contribution in [3.8, 4) is 0 Å². The molecule has 2 rings (SSSR count). The molecule has 0 spiro atoms. The van der Waals surface area contributed by atoms with Crippen LogP contribution in [0.25, 0.3) is 0 Å². The van der Waals surface area contributed by atoms with E-state index in [9.17, 15) is 4.39 Å². The van der Waals surface area contributed by atoms with E-state index in [-0.39, 0.29) is 11.9 Å². The Hall–Kier alpha value is -1.10. The Labute approximate surface area is 124 Å². The average Bonchev–Trinajstić information content (AvgIpc) is 2.41. The minimum atomic E-state index is -0.294. The molecule has 0 radical (unpaired) electrons. The molecule has 2 aromatic rings. The molecule has 0 aliphatic rings. The number of halogens is 3. The summed E-state index contributed by atoms with van der Waals surface area (Å²) in [5.74, 6) is -0.294. The van der Waals surface area contributed by atoms with Gasteiger partial charge in [0.25, 0.3) is 0 Å². The molecule has 1 atom stereocenters. The summed E-state index contributed by atoms with van der Waals surface area (Å²) in [4.78, 5) is 0. The Morgan fingerprint density at radius 3 is 2.63 bits per heavy atom. The highest BCUT2D eigenvalue weighted by Crippen LogP contribution is 2.27.